The summed E-state index contributed by atoms with van der Waals surface area (Å²) in [5, 5.41) is 8.81. The molecule has 0 aliphatic rings. The van der Waals surface area contributed by atoms with Crippen molar-refractivity contribution in [1.29, 1.82) is 0 Å². The van der Waals surface area contributed by atoms with Crippen LogP contribution in [0.4, 0.5) is 0 Å². The smallest absolute Gasteiger partial charge is 0.124 e. The third kappa shape index (κ3) is 1.53. The summed E-state index contributed by atoms with van der Waals surface area (Å²) in [5.41, 5.74) is 1.92. The molecule has 0 saturated heterocycles. The van der Waals surface area contributed by atoms with Gasteiger partial charge in [0.1, 0.15) is 6.29 Å². The van der Waals surface area contributed by atoms with Gasteiger partial charge in [-0.25, -0.2) is 0 Å². The zero-order chi connectivity index (χ0) is 9.10. The molecule has 2 aromatic rings. The summed E-state index contributed by atoms with van der Waals surface area (Å²) in [6, 6.07) is 3.98. The first-order chi connectivity index (χ1) is 6.42. The van der Waals surface area contributed by atoms with Crippen LogP contribution in [-0.4, -0.2) is 16.5 Å². The molecular formula is C9H8N2OS. The second kappa shape index (κ2) is 3.53. The summed E-state index contributed by atoms with van der Waals surface area (Å²) < 4.78 is 0. The van der Waals surface area contributed by atoms with Crippen molar-refractivity contribution in [3.8, 4) is 10.6 Å². The van der Waals surface area contributed by atoms with E-state index in [9.17, 15) is 4.79 Å². The summed E-state index contributed by atoms with van der Waals surface area (Å²) in [4.78, 5) is 11.5. The molecule has 0 unspecified atom stereocenters. The van der Waals surface area contributed by atoms with Crippen LogP contribution in [0, 0.1) is 0 Å². The fraction of sp³-hybridized carbons (Fsp3) is 0.111. The fourth-order valence-electron chi connectivity index (χ4n) is 1.19. The van der Waals surface area contributed by atoms with Crippen molar-refractivity contribution in [1.82, 2.24) is 10.2 Å². The molecule has 1 N–H and O–H groups in total. The van der Waals surface area contributed by atoms with Crippen molar-refractivity contribution in [2.75, 3.05) is 0 Å². The summed E-state index contributed by atoms with van der Waals surface area (Å²) in [6.07, 6.45) is 3.01. The zero-order valence-corrected chi connectivity index (χ0v) is 7.67. The van der Waals surface area contributed by atoms with E-state index in [1.54, 1.807) is 17.5 Å². The lowest BCUT2D eigenvalue weighted by molar-refractivity contribution is -0.107. The first-order valence-electron chi connectivity index (χ1n) is 3.91. The van der Waals surface area contributed by atoms with Gasteiger partial charge in [-0.3, -0.25) is 5.10 Å². The van der Waals surface area contributed by atoms with Gasteiger partial charge in [0.25, 0.3) is 0 Å². The molecule has 3 nitrogen and oxygen atoms in total. The van der Waals surface area contributed by atoms with Crippen molar-refractivity contribution in [3.63, 3.8) is 0 Å². The van der Waals surface area contributed by atoms with Crippen molar-refractivity contribution < 1.29 is 4.79 Å². The molecule has 4 heteroatoms. The lowest BCUT2D eigenvalue weighted by Gasteiger charge is -1.94. The highest BCUT2D eigenvalue weighted by atomic mass is 32.1. The van der Waals surface area contributed by atoms with Gasteiger partial charge in [0.05, 0.1) is 16.8 Å². The Balaban J connectivity index is 2.40. The van der Waals surface area contributed by atoms with E-state index >= 15 is 0 Å². The number of carbonyl (C=O) groups is 1. The molecule has 2 aromatic heterocycles. The lowest BCUT2D eigenvalue weighted by atomic mass is 10.2. The minimum atomic E-state index is 0.420. The van der Waals surface area contributed by atoms with Gasteiger partial charge in [0, 0.05) is 12.0 Å². The SMILES string of the molecule is O=CCc1cn[nH]c1-c1cccs1. The maximum Gasteiger partial charge on any atom is 0.124 e. The molecule has 0 saturated carbocycles. The van der Waals surface area contributed by atoms with Crippen LogP contribution < -0.4 is 0 Å². The first-order valence-corrected chi connectivity index (χ1v) is 4.79. The van der Waals surface area contributed by atoms with E-state index in [-0.39, 0.29) is 0 Å². The van der Waals surface area contributed by atoms with Gasteiger partial charge < -0.3 is 4.79 Å². The van der Waals surface area contributed by atoms with E-state index in [1.807, 2.05) is 17.5 Å². The number of nitrogens with one attached hydrogen (secondary N) is 1. The maximum atomic E-state index is 10.4. The van der Waals surface area contributed by atoms with E-state index in [4.69, 9.17) is 0 Å². The minimum absolute atomic E-state index is 0.420. The molecule has 0 amide bonds. The number of H-pyrrole nitrogens is 1. The number of aldehydes is 1. The molecule has 0 aliphatic heterocycles. The number of carbonyl (C=O) groups excluding carboxylic acids is 1. The molecule has 0 aliphatic carbocycles. The molecule has 0 atom stereocenters. The van der Waals surface area contributed by atoms with Crippen LogP contribution in [0.15, 0.2) is 23.7 Å². The Morgan fingerprint density at radius 2 is 2.54 bits per heavy atom. The van der Waals surface area contributed by atoms with Crippen LogP contribution in [0.1, 0.15) is 5.56 Å². The molecule has 2 rings (SSSR count). The Labute approximate surface area is 79.4 Å². The molecule has 13 heavy (non-hydrogen) atoms. The zero-order valence-electron chi connectivity index (χ0n) is 6.86. The standard InChI is InChI=1S/C9H8N2OS/c12-4-3-7-6-10-11-9(7)8-2-1-5-13-8/h1-2,4-6H,3H2,(H,10,11). The van der Waals surface area contributed by atoms with Crippen LogP contribution in [0.25, 0.3) is 10.6 Å². The Kier molecular flexibility index (Phi) is 2.23. The normalized spacial score (nSPS) is 10.2. The largest absolute Gasteiger partial charge is 0.303 e. The summed E-state index contributed by atoms with van der Waals surface area (Å²) in [6.45, 7) is 0. The number of aromatic amines is 1. The average Bonchev–Trinajstić information content (AvgIpc) is 2.71. The molecule has 0 aromatic carbocycles. The summed E-state index contributed by atoms with van der Waals surface area (Å²) >= 11 is 1.63. The van der Waals surface area contributed by atoms with Gasteiger partial charge in [0.2, 0.25) is 0 Å². The molecule has 2 heterocycles. The van der Waals surface area contributed by atoms with Gasteiger partial charge in [-0.15, -0.1) is 11.3 Å². The number of hydrogen-bond acceptors (Lipinski definition) is 3. The third-order valence-corrected chi connectivity index (χ3v) is 2.68. The molecule has 0 fully saturated rings. The number of nitrogens with zero attached hydrogens (tertiary/aromatic N) is 1. The molecule has 0 radical (unpaired) electrons. The van der Waals surface area contributed by atoms with Crippen LogP contribution in [0.3, 0.4) is 0 Å². The molecule has 0 bridgehead atoms. The van der Waals surface area contributed by atoms with E-state index in [2.05, 4.69) is 10.2 Å². The van der Waals surface area contributed by atoms with Gasteiger partial charge >= 0.3 is 0 Å². The topological polar surface area (TPSA) is 45.8 Å². The Morgan fingerprint density at radius 3 is 3.23 bits per heavy atom. The molecular weight excluding hydrogens is 184 g/mol. The number of rotatable bonds is 3. The number of thiophene rings is 1. The highest BCUT2D eigenvalue weighted by molar-refractivity contribution is 7.13. The molecule has 66 valence electrons. The maximum absolute atomic E-state index is 10.4. The van der Waals surface area contributed by atoms with Crippen LogP contribution in [0.2, 0.25) is 0 Å². The van der Waals surface area contributed by atoms with E-state index in [0.717, 1.165) is 22.4 Å². The second-order valence-electron chi connectivity index (χ2n) is 2.62. The monoisotopic (exact) mass is 192 g/mol. The van der Waals surface area contributed by atoms with Gasteiger partial charge in [-0.1, -0.05) is 6.07 Å². The first kappa shape index (κ1) is 8.19. The minimum Gasteiger partial charge on any atom is -0.303 e. The van der Waals surface area contributed by atoms with E-state index < -0.39 is 0 Å². The Morgan fingerprint density at radius 1 is 1.62 bits per heavy atom. The Hall–Kier alpha value is -1.42. The van der Waals surface area contributed by atoms with Crippen LogP contribution >= 0.6 is 11.3 Å². The quantitative estimate of drug-likeness (QED) is 0.755. The number of hydrogen-bond donors (Lipinski definition) is 1. The van der Waals surface area contributed by atoms with Gasteiger partial charge in [-0.2, -0.15) is 5.10 Å². The summed E-state index contributed by atoms with van der Waals surface area (Å²) in [7, 11) is 0. The fourth-order valence-corrected chi connectivity index (χ4v) is 1.95. The van der Waals surface area contributed by atoms with Crippen molar-refractivity contribution in [2.45, 2.75) is 6.42 Å². The van der Waals surface area contributed by atoms with Gasteiger partial charge in [0.15, 0.2) is 0 Å². The van der Waals surface area contributed by atoms with E-state index in [1.165, 1.54) is 0 Å². The van der Waals surface area contributed by atoms with E-state index in [0.29, 0.717) is 6.42 Å². The molecule has 0 spiro atoms. The predicted octanol–water partition coefficient (Wildman–Crippen LogP) is 1.88. The predicted molar refractivity (Wildman–Crippen MR) is 51.7 cm³/mol. The third-order valence-electron chi connectivity index (χ3n) is 1.79. The second-order valence-corrected chi connectivity index (χ2v) is 3.57. The van der Waals surface area contributed by atoms with Gasteiger partial charge in [-0.05, 0) is 11.4 Å². The summed E-state index contributed by atoms with van der Waals surface area (Å²) in [5.74, 6) is 0. The lowest BCUT2D eigenvalue weighted by Crippen LogP contribution is -1.85. The van der Waals surface area contributed by atoms with Crippen molar-refractivity contribution >= 4 is 17.6 Å². The van der Waals surface area contributed by atoms with Crippen LogP contribution in [0.5, 0.6) is 0 Å². The van der Waals surface area contributed by atoms with Crippen LogP contribution in [-0.2, 0) is 11.2 Å². The highest BCUT2D eigenvalue weighted by Gasteiger charge is 2.06. The van der Waals surface area contributed by atoms with Crippen molar-refractivity contribution in [3.05, 3.63) is 29.3 Å². The van der Waals surface area contributed by atoms with Crippen molar-refractivity contribution in [2.24, 2.45) is 0 Å². The Bertz CT molecular complexity index is 391. The highest BCUT2D eigenvalue weighted by Crippen LogP contribution is 2.25. The number of aromatic nitrogens is 2. The average molecular weight is 192 g/mol.